The van der Waals surface area contributed by atoms with Crippen molar-refractivity contribution in [3.05, 3.63) is 58.1 Å². The lowest BCUT2D eigenvalue weighted by Crippen LogP contribution is -2.21. The van der Waals surface area contributed by atoms with E-state index < -0.39 is 5.97 Å². The van der Waals surface area contributed by atoms with E-state index in [2.05, 4.69) is 21.2 Å². The number of hydrogen-bond acceptors (Lipinski definition) is 4. The van der Waals surface area contributed by atoms with Crippen molar-refractivity contribution in [3.63, 3.8) is 0 Å². The number of esters is 1. The number of nitrogens with one attached hydrogen (secondary N) is 1. The van der Waals surface area contributed by atoms with E-state index in [0.717, 1.165) is 20.7 Å². The van der Waals surface area contributed by atoms with E-state index in [9.17, 15) is 9.59 Å². The molecular formula is C18H18BrNO3S. The molecule has 0 heterocycles. The van der Waals surface area contributed by atoms with E-state index in [0.29, 0.717) is 11.3 Å². The van der Waals surface area contributed by atoms with Crippen LogP contribution in [0.25, 0.3) is 0 Å². The fourth-order valence-corrected chi connectivity index (χ4v) is 3.35. The molecule has 0 aliphatic carbocycles. The molecule has 0 atom stereocenters. The lowest BCUT2D eigenvalue weighted by Gasteiger charge is -2.10. The van der Waals surface area contributed by atoms with Crippen LogP contribution in [0.5, 0.6) is 0 Å². The van der Waals surface area contributed by atoms with Crippen molar-refractivity contribution in [3.8, 4) is 0 Å². The van der Waals surface area contributed by atoms with Crippen LogP contribution in [0, 0.1) is 6.92 Å². The molecule has 0 bridgehead atoms. The Labute approximate surface area is 154 Å². The summed E-state index contributed by atoms with van der Waals surface area (Å²) in [6.45, 7) is 3.59. The second-order valence-electron chi connectivity index (χ2n) is 5.01. The maximum Gasteiger partial charge on any atom is 0.339 e. The van der Waals surface area contributed by atoms with Crippen LogP contribution in [0.15, 0.2) is 51.8 Å². The Morgan fingerprint density at radius 1 is 1.21 bits per heavy atom. The standard InChI is InChI=1S/C18H18BrNO3S/c1-3-24-16-7-5-4-6-14(16)18(22)23-11-17(21)20-15-9-8-13(19)10-12(15)2/h4-10H,3,11H2,1-2H3,(H,20,21). The number of thioether (sulfide) groups is 1. The number of halogens is 1. The van der Waals surface area contributed by atoms with E-state index in [1.165, 1.54) is 0 Å². The number of aryl methyl sites for hydroxylation is 1. The van der Waals surface area contributed by atoms with Gasteiger partial charge < -0.3 is 10.1 Å². The van der Waals surface area contributed by atoms with Gasteiger partial charge in [-0.05, 0) is 48.6 Å². The number of benzene rings is 2. The summed E-state index contributed by atoms with van der Waals surface area (Å²) in [5, 5.41) is 2.74. The highest BCUT2D eigenvalue weighted by atomic mass is 79.9. The average molecular weight is 408 g/mol. The summed E-state index contributed by atoms with van der Waals surface area (Å²) in [6, 6.07) is 12.8. The van der Waals surface area contributed by atoms with Crippen molar-refractivity contribution in [1.82, 2.24) is 0 Å². The predicted octanol–water partition coefficient (Wildman–Crippen LogP) is 4.67. The summed E-state index contributed by atoms with van der Waals surface area (Å²) in [5.74, 6) is -0.00297. The molecule has 0 spiro atoms. The molecule has 1 N–H and O–H groups in total. The molecule has 0 unspecified atom stereocenters. The SMILES string of the molecule is CCSc1ccccc1C(=O)OCC(=O)Nc1ccc(Br)cc1C. The van der Waals surface area contributed by atoms with Gasteiger partial charge in [0.05, 0.1) is 5.56 Å². The number of rotatable bonds is 6. The molecular weight excluding hydrogens is 390 g/mol. The Morgan fingerprint density at radius 2 is 1.96 bits per heavy atom. The van der Waals surface area contributed by atoms with Crippen molar-refractivity contribution >= 4 is 45.3 Å². The highest BCUT2D eigenvalue weighted by molar-refractivity contribution is 9.10. The van der Waals surface area contributed by atoms with Gasteiger partial charge in [-0.15, -0.1) is 11.8 Å². The number of anilines is 1. The van der Waals surface area contributed by atoms with Gasteiger partial charge in [0.1, 0.15) is 0 Å². The molecule has 126 valence electrons. The molecule has 0 aliphatic rings. The Balaban J connectivity index is 1.95. The molecule has 6 heteroatoms. The summed E-state index contributed by atoms with van der Waals surface area (Å²) in [6.07, 6.45) is 0. The molecule has 0 fully saturated rings. The first-order valence-corrected chi connectivity index (χ1v) is 9.24. The van der Waals surface area contributed by atoms with Crippen LogP contribution in [-0.2, 0) is 9.53 Å². The second kappa shape index (κ2) is 8.89. The highest BCUT2D eigenvalue weighted by Gasteiger charge is 2.14. The van der Waals surface area contributed by atoms with Crippen LogP contribution in [-0.4, -0.2) is 24.2 Å². The Morgan fingerprint density at radius 3 is 2.67 bits per heavy atom. The van der Waals surface area contributed by atoms with Gasteiger partial charge >= 0.3 is 5.97 Å². The Bertz CT molecular complexity index is 749. The van der Waals surface area contributed by atoms with Crippen LogP contribution in [0.2, 0.25) is 0 Å². The molecule has 0 saturated carbocycles. The molecule has 2 aromatic carbocycles. The first-order valence-electron chi connectivity index (χ1n) is 7.46. The Hall–Kier alpha value is -1.79. The molecule has 2 aromatic rings. The smallest absolute Gasteiger partial charge is 0.339 e. The normalized spacial score (nSPS) is 10.3. The fraction of sp³-hybridized carbons (Fsp3) is 0.222. The minimum absolute atomic E-state index is 0.320. The fourth-order valence-electron chi connectivity index (χ4n) is 2.08. The summed E-state index contributed by atoms with van der Waals surface area (Å²) in [7, 11) is 0. The van der Waals surface area contributed by atoms with Crippen molar-refractivity contribution in [2.24, 2.45) is 0 Å². The third-order valence-electron chi connectivity index (χ3n) is 3.20. The van der Waals surface area contributed by atoms with Gasteiger partial charge in [0.15, 0.2) is 6.61 Å². The second-order valence-corrected chi connectivity index (χ2v) is 7.23. The number of hydrogen-bond donors (Lipinski definition) is 1. The molecule has 0 radical (unpaired) electrons. The zero-order chi connectivity index (χ0) is 17.5. The van der Waals surface area contributed by atoms with E-state index >= 15 is 0 Å². The molecule has 0 aliphatic heterocycles. The van der Waals surface area contributed by atoms with Gasteiger partial charge in [-0.1, -0.05) is 35.0 Å². The van der Waals surface area contributed by atoms with Crippen LogP contribution < -0.4 is 5.32 Å². The van der Waals surface area contributed by atoms with Gasteiger partial charge in [-0.3, -0.25) is 4.79 Å². The first-order chi connectivity index (χ1) is 11.5. The third kappa shape index (κ3) is 5.11. The molecule has 1 amide bonds. The number of carbonyl (C=O) groups excluding carboxylic acids is 2. The third-order valence-corrected chi connectivity index (χ3v) is 4.65. The van der Waals surface area contributed by atoms with E-state index in [1.807, 2.05) is 38.1 Å². The molecule has 0 saturated heterocycles. The molecule has 24 heavy (non-hydrogen) atoms. The van der Waals surface area contributed by atoms with Crippen LogP contribution in [0.4, 0.5) is 5.69 Å². The maximum atomic E-state index is 12.2. The van der Waals surface area contributed by atoms with Crippen LogP contribution in [0.1, 0.15) is 22.8 Å². The Kier molecular flexibility index (Phi) is 6.87. The minimum atomic E-state index is -0.491. The maximum absolute atomic E-state index is 12.2. The summed E-state index contributed by atoms with van der Waals surface area (Å²) in [4.78, 5) is 25.0. The van der Waals surface area contributed by atoms with Crippen molar-refractivity contribution in [2.45, 2.75) is 18.7 Å². The van der Waals surface area contributed by atoms with Gasteiger partial charge in [-0.2, -0.15) is 0 Å². The van der Waals surface area contributed by atoms with Crippen LogP contribution in [0.3, 0.4) is 0 Å². The van der Waals surface area contributed by atoms with Gasteiger partial charge in [-0.25, -0.2) is 4.79 Å². The lowest BCUT2D eigenvalue weighted by molar-refractivity contribution is -0.119. The minimum Gasteiger partial charge on any atom is -0.452 e. The number of ether oxygens (including phenoxy) is 1. The topological polar surface area (TPSA) is 55.4 Å². The highest BCUT2D eigenvalue weighted by Crippen LogP contribution is 2.23. The van der Waals surface area contributed by atoms with Crippen molar-refractivity contribution in [2.75, 3.05) is 17.7 Å². The van der Waals surface area contributed by atoms with Gasteiger partial charge in [0.2, 0.25) is 0 Å². The van der Waals surface area contributed by atoms with E-state index in [1.54, 1.807) is 30.0 Å². The van der Waals surface area contributed by atoms with E-state index in [4.69, 9.17) is 4.74 Å². The van der Waals surface area contributed by atoms with Gasteiger partial charge in [0.25, 0.3) is 5.91 Å². The molecule has 0 aromatic heterocycles. The quantitative estimate of drug-likeness (QED) is 0.558. The number of carbonyl (C=O) groups is 2. The molecule has 4 nitrogen and oxygen atoms in total. The molecule has 2 rings (SSSR count). The first kappa shape index (κ1) is 18.5. The summed E-state index contributed by atoms with van der Waals surface area (Å²) in [5.41, 5.74) is 2.10. The predicted molar refractivity (Wildman–Crippen MR) is 101 cm³/mol. The lowest BCUT2D eigenvalue weighted by atomic mass is 10.2. The summed E-state index contributed by atoms with van der Waals surface area (Å²) < 4.78 is 6.08. The average Bonchev–Trinajstić information content (AvgIpc) is 2.56. The van der Waals surface area contributed by atoms with Crippen molar-refractivity contribution < 1.29 is 14.3 Å². The van der Waals surface area contributed by atoms with Crippen LogP contribution >= 0.6 is 27.7 Å². The van der Waals surface area contributed by atoms with Crippen molar-refractivity contribution in [1.29, 1.82) is 0 Å². The van der Waals surface area contributed by atoms with E-state index in [-0.39, 0.29) is 12.5 Å². The monoisotopic (exact) mass is 407 g/mol. The summed E-state index contributed by atoms with van der Waals surface area (Å²) >= 11 is 4.94. The zero-order valence-corrected chi connectivity index (χ0v) is 15.9. The van der Waals surface area contributed by atoms with Gasteiger partial charge in [0, 0.05) is 15.1 Å². The zero-order valence-electron chi connectivity index (χ0n) is 13.5. The number of amides is 1. The largest absolute Gasteiger partial charge is 0.452 e.